The van der Waals surface area contributed by atoms with E-state index in [-0.39, 0.29) is 10.6 Å². The van der Waals surface area contributed by atoms with Crippen LogP contribution in [0.5, 0.6) is 5.75 Å². The smallest absolute Gasteiger partial charge is 0.406 e. The summed E-state index contributed by atoms with van der Waals surface area (Å²) in [7, 11) is 0. The maximum atomic E-state index is 11.8. The van der Waals surface area contributed by atoms with E-state index in [4.69, 9.17) is 0 Å². The minimum absolute atomic E-state index is 0.113. The molecule has 1 aromatic rings. The van der Waals surface area contributed by atoms with Crippen LogP contribution in [0.25, 0.3) is 0 Å². The van der Waals surface area contributed by atoms with Gasteiger partial charge < -0.3 is 4.74 Å². The van der Waals surface area contributed by atoms with Crippen LogP contribution in [0.15, 0.2) is 24.3 Å². The lowest BCUT2D eigenvalue weighted by Crippen LogP contribution is -2.17. The van der Waals surface area contributed by atoms with E-state index in [0.717, 1.165) is 5.56 Å². The van der Waals surface area contributed by atoms with Gasteiger partial charge in [-0.1, -0.05) is 28.1 Å². The average Bonchev–Trinajstić information content (AvgIpc) is 2.02. The number of ether oxygens (including phenoxy) is 1. The van der Waals surface area contributed by atoms with E-state index in [9.17, 15) is 13.2 Å². The van der Waals surface area contributed by atoms with E-state index in [1.54, 1.807) is 12.1 Å². The molecule has 1 aromatic carbocycles. The minimum Gasteiger partial charge on any atom is -0.406 e. The fraction of sp³-hybridized carbons (Fsp3) is 0.333. The van der Waals surface area contributed by atoms with Gasteiger partial charge in [0, 0.05) is 4.83 Å². The van der Waals surface area contributed by atoms with Gasteiger partial charge in [-0.15, -0.1) is 13.2 Å². The molecule has 0 fully saturated rings. The summed E-state index contributed by atoms with van der Waals surface area (Å²) in [5.74, 6) is -0.200. The number of alkyl halides is 4. The summed E-state index contributed by atoms with van der Waals surface area (Å²) < 4.78 is 39.0. The number of hydrogen-bond acceptors (Lipinski definition) is 1. The second-order valence-electron chi connectivity index (χ2n) is 2.73. The highest BCUT2D eigenvalue weighted by Gasteiger charge is 2.30. The molecule has 0 aliphatic carbocycles. The highest BCUT2D eigenvalue weighted by atomic mass is 79.9. The zero-order chi connectivity index (χ0) is 10.8. The summed E-state index contributed by atoms with van der Waals surface area (Å²) in [6.45, 7) is 1.89. The van der Waals surface area contributed by atoms with Crippen molar-refractivity contribution < 1.29 is 17.9 Å². The molecule has 0 saturated carbocycles. The van der Waals surface area contributed by atoms with Crippen LogP contribution < -0.4 is 4.74 Å². The topological polar surface area (TPSA) is 9.23 Å². The monoisotopic (exact) mass is 268 g/mol. The molecule has 78 valence electrons. The number of rotatable bonds is 2. The van der Waals surface area contributed by atoms with E-state index in [2.05, 4.69) is 20.7 Å². The van der Waals surface area contributed by atoms with Crippen molar-refractivity contribution in [3.05, 3.63) is 29.8 Å². The van der Waals surface area contributed by atoms with Crippen molar-refractivity contribution in [3.63, 3.8) is 0 Å². The number of benzene rings is 1. The Morgan fingerprint density at radius 2 is 1.71 bits per heavy atom. The van der Waals surface area contributed by atoms with Crippen molar-refractivity contribution in [1.29, 1.82) is 0 Å². The molecule has 14 heavy (non-hydrogen) atoms. The third-order valence-corrected chi connectivity index (χ3v) is 2.10. The molecule has 0 aromatic heterocycles. The first-order chi connectivity index (χ1) is 6.38. The van der Waals surface area contributed by atoms with E-state index in [1.807, 2.05) is 6.92 Å². The maximum Gasteiger partial charge on any atom is 0.573 e. The van der Waals surface area contributed by atoms with Crippen LogP contribution in [0.4, 0.5) is 13.2 Å². The third-order valence-electron chi connectivity index (χ3n) is 1.57. The quantitative estimate of drug-likeness (QED) is 0.736. The SMILES string of the molecule is C[C@H](Br)c1ccc(OC(F)(F)F)cc1. The Bertz CT molecular complexity index is 292. The van der Waals surface area contributed by atoms with Gasteiger partial charge in [0.1, 0.15) is 5.75 Å². The Balaban J connectivity index is 2.74. The third kappa shape index (κ3) is 3.57. The van der Waals surface area contributed by atoms with Crippen LogP contribution in [0.3, 0.4) is 0 Å². The molecular formula is C9H8BrF3O. The molecule has 0 N–H and O–H groups in total. The Hall–Kier alpha value is -0.710. The molecule has 1 rings (SSSR count). The molecule has 0 aliphatic heterocycles. The van der Waals surface area contributed by atoms with Gasteiger partial charge >= 0.3 is 6.36 Å². The maximum absolute atomic E-state index is 11.8. The molecule has 0 heterocycles. The van der Waals surface area contributed by atoms with E-state index >= 15 is 0 Å². The Morgan fingerprint density at radius 1 is 1.21 bits per heavy atom. The second kappa shape index (κ2) is 4.21. The van der Waals surface area contributed by atoms with E-state index in [0.29, 0.717) is 0 Å². The molecule has 0 unspecified atom stereocenters. The highest BCUT2D eigenvalue weighted by molar-refractivity contribution is 9.09. The van der Waals surface area contributed by atoms with Crippen LogP contribution in [-0.2, 0) is 0 Å². The van der Waals surface area contributed by atoms with Crippen molar-refractivity contribution in [2.75, 3.05) is 0 Å². The van der Waals surface area contributed by atoms with Gasteiger partial charge in [0.15, 0.2) is 0 Å². The summed E-state index contributed by atoms with van der Waals surface area (Å²) >= 11 is 3.31. The van der Waals surface area contributed by atoms with Crippen molar-refractivity contribution in [1.82, 2.24) is 0 Å². The van der Waals surface area contributed by atoms with Crippen molar-refractivity contribution in [2.45, 2.75) is 18.1 Å². The molecule has 0 bridgehead atoms. The summed E-state index contributed by atoms with van der Waals surface area (Å²) in [6.07, 6.45) is -4.62. The Morgan fingerprint density at radius 3 is 2.07 bits per heavy atom. The number of hydrogen-bond donors (Lipinski definition) is 0. The van der Waals surface area contributed by atoms with Crippen molar-refractivity contribution in [2.24, 2.45) is 0 Å². The van der Waals surface area contributed by atoms with Gasteiger partial charge in [-0.05, 0) is 24.6 Å². The largest absolute Gasteiger partial charge is 0.573 e. The normalized spacial score (nSPS) is 13.8. The van der Waals surface area contributed by atoms with Gasteiger partial charge in [-0.3, -0.25) is 0 Å². The second-order valence-corrected chi connectivity index (χ2v) is 4.11. The van der Waals surface area contributed by atoms with Crippen LogP contribution >= 0.6 is 15.9 Å². The fourth-order valence-corrected chi connectivity index (χ4v) is 1.24. The molecule has 0 amide bonds. The lowest BCUT2D eigenvalue weighted by atomic mass is 10.2. The molecule has 0 aliphatic rings. The first kappa shape index (κ1) is 11.4. The zero-order valence-electron chi connectivity index (χ0n) is 7.31. The molecule has 0 saturated heterocycles. The van der Waals surface area contributed by atoms with Gasteiger partial charge in [0.05, 0.1) is 0 Å². The van der Waals surface area contributed by atoms with Crippen LogP contribution in [0.2, 0.25) is 0 Å². The van der Waals surface area contributed by atoms with Crippen molar-refractivity contribution >= 4 is 15.9 Å². The zero-order valence-corrected chi connectivity index (χ0v) is 8.89. The highest BCUT2D eigenvalue weighted by Crippen LogP contribution is 2.26. The van der Waals surface area contributed by atoms with Crippen LogP contribution in [0, 0.1) is 0 Å². The minimum atomic E-state index is -4.62. The predicted molar refractivity (Wildman–Crippen MR) is 50.5 cm³/mol. The lowest BCUT2D eigenvalue weighted by molar-refractivity contribution is -0.274. The molecule has 1 atom stereocenters. The fourth-order valence-electron chi connectivity index (χ4n) is 0.935. The summed E-state index contributed by atoms with van der Waals surface area (Å²) in [6, 6.07) is 5.75. The number of halogens is 4. The lowest BCUT2D eigenvalue weighted by Gasteiger charge is -2.09. The summed E-state index contributed by atoms with van der Waals surface area (Å²) in [5, 5.41) is 0. The van der Waals surface area contributed by atoms with Gasteiger partial charge in [-0.2, -0.15) is 0 Å². The molecular weight excluding hydrogens is 261 g/mol. The van der Waals surface area contributed by atoms with Crippen molar-refractivity contribution in [3.8, 4) is 5.75 Å². The summed E-state index contributed by atoms with van der Waals surface area (Å²) in [5.41, 5.74) is 0.902. The summed E-state index contributed by atoms with van der Waals surface area (Å²) in [4.78, 5) is 0.113. The van der Waals surface area contributed by atoms with Crippen LogP contribution in [-0.4, -0.2) is 6.36 Å². The van der Waals surface area contributed by atoms with Gasteiger partial charge in [-0.25, -0.2) is 0 Å². The molecule has 0 radical (unpaired) electrons. The first-order valence-corrected chi connectivity index (χ1v) is 4.80. The standard InChI is InChI=1S/C9H8BrF3O/c1-6(10)7-2-4-8(5-3-7)14-9(11,12)13/h2-6H,1H3/t6-/m0/s1. The Kier molecular flexibility index (Phi) is 3.42. The molecule has 1 nitrogen and oxygen atoms in total. The van der Waals surface area contributed by atoms with Crippen LogP contribution in [0.1, 0.15) is 17.3 Å². The first-order valence-electron chi connectivity index (χ1n) is 3.88. The Labute approximate surface area is 88.0 Å². The molecule has 0 spiro atoms. The van der Waals surface area contributed by atoms with Gasteiger partial charge in [0.2, 0.25) is 0 Å². The predicted octanol–water partition coefficient (Wildman–Crippen LogP) is 4.04. The average molecular weight is 269 g/mol. The van der Waals surface area contributed by atoms with E-state index in [1.165, 1.54) is 12.1 Å². The molecule has 5 heteroatoms. The van der Waals surface area contributed by atoms with E-state index < -0.39 is 6.36 Å². The van der Waals surface area contributed by atoms with Gasteiger partial charge in [0.25, 0.3) is 0 Å².